The van der Waals surface area contributed by atoms with Gasteiger partial charge in [0.1, 0.15) is 10.8 Å². The maximum absolute atomic E-state index is 12.1. The lowest BCUT2D eigenvalue weighted by molar-refractivity contribution is 0.446. The summed E-state index contributed by atoms with van der Waals surface area (Å²) in [5.41, 5.74) is 14.5. The van der Waals surface area contributed by atoms with Crippen LogP contribution in [0.5, 0.6) is 5.75 Å². The number of aryl methyl sites for hydroxylation is 2. The second kappa shape index (κ2) is 15.6. The van der Waals surface area contributed by atoms with E-state index < -0.39 is 0 Å². The van der Waals surface area contributed by atoms with E-state index in [0.29, 0.717) is 0 Å². The molecule has 0 aliphatic carbocycles. The van der Waals surface area contributed by atoms with Crippen LogP contribution in [0.4, 0.5) is 0 Å². The van der Waals surface area contributed by atoms with Crippen LogP contribution in [0.3, 0.4) is 0 Å². The Balaban J connectivity index is 1.44. The number of hydrogen-bond acceptors (Lipinski definition) is 4. The number of hydrogen-bond donors (Lipinski definition) is 1. The zero-order chi connectivity index (χ0) is 39.8. The quantitative estimate of drug-likeness (QED) is 0.168. The van der Waals surface area contributed by atoms with Gasteiger partial charge in [0.2, 0.25) is 0 Å². The van der Waals surface area contributed by atoms with Crippen LogP contribution in [0.1, 0.15) is 87.8 Å². The highest BCUT2D eigenvalue weighted by Gasteiger charge is 2.27. The average Bonchev–Trinajstić information content (AvgIpc) is 3.17. The van der Waals surface area contributed by atoms with Crippen LogP contribution in [-0.4, -0.2) is 15.1 Å². The van der Waals surface area contributed by atoms with Crippen LogP contribution in [0.15, 0.2) is 150 Å². The molecule has 4 heteroatoms. The van der Waals surface area contributed by atoms with Gasteiger partial charge in [0.15, 0.2) is 0 Å². The fourth-order valence-electron chi connectivity index (χ4n) is 7.46. The minimum absolute atomic E-state index is 0.129. The summed E-state index contributed by atoms with van der Waals surface area (Å²) in [7, 11) is 0. The van der Waals surface area contributed by atoms with Crippen molar-refractivity contribution in [2.75, 3.05) is 0 Å². The van der Waals surface area contributed by atoms with Crippen molar-refractivity contribution in [1.82, 2.24) is 9.97 Å². The van der Waals surface area contributed by atoms with Gasteiger partial charge >= 0.3 is 0 Å². The Hall–Kier alpha value is -5.45. The van der Waals surface area contributed by atoms with Crippen LogP contribution in [0.2, 0.25) is 0 Å². The predicted molar refractivity (Wildman–Crippen MR) is 237 cm³/mol. The monoisotopic (exact) mass is 752 g/mol. The van der Waals surface area contributed by atoms with Gasteiger partial charge in [-0.15, -0.1) is 0 Å². The van der Waals surface area contributed by atoms with Crippen LogP contribution in [-0.2, 0) is 10.8 Å². The molecule has 282 valence electrons. The third kappa shape index (κ3) is 8.37. The first-order valence-corrected chi connectivity index (χ1v) is 20.3. The van der Waals surface area contributed by atoms with E-state index in [4.69, 9.17) is 4.98 Å². The zero-order valence-corrected chi connectivity index (χ0v) is 34.9. The number of aromatic hydroxyl groups is 1. The second-order valence-corrected chi connectivity index (χ2v) is 18.2. The normalized spacial score (nSPS) is 12.4. The van der Waals surface area contributed by atoms with Crippen LogP contribution in [0.25, 0.3) is 44.8 Å². The molecular weight excluding hydrogens is 701 g/mol. The summed E-state index contributed by atoms with van der Waals surface area (Å²) in [6.07, 6.45) is 1.84. The number of benzene rings is 5. The zero-order valence-electron chi connectivity index (χ0n) is 34.1. The molecule has 2 heterocycles. The summed E-state index contributed by atoms with van der Waals surface area (Å²) in [6.45, 7) is 19.7. The Morgan fingerprint density at radius 1 is 0.571 bits per heavy atom. The number of phenolic OH excluding ortho intramolecular Hbond substituents is 1. The fraction of sp³-hybridized carbons (Fsp3) is 0.231. The lowest BCUT2D eigenvalue weighted by Gasteiger charge is -2.27. The topological polar surface area (TPSA) is 46.0 Å². The fourth-order valence-corrected chi connectivity index (χ4v) is 8.34. The Kier molecular flexibility index (Phi) is 10.8. The van der Waals surface area contributed by atoms with Crippen molar-refractivity contribution in [3.05, 3.63) is 173 Å². The smallest absolute Gasteiger partial charge is 0.128 e. The molecule has 0 radical (unpaired) electrons. The van der Waals surface area contributed by atoms with Gasteiger partial charge in [-0.05, 0) is 123 Å². The summed E-state index contributed by atoms with van der Waals surface area (Å²) in [6, 6.07) is 47.5. The lowest BCUT2D eigenvalue weighted by atomic mass is 9.78. The second-order valence-electron chi connectivity index (χ2n) is 17.1. The first-order valence-electron chi connectivity index (χ1n) is 19.5. The average molecular weight is 753 g/mol. The predicted octanol–water partition coefficient (Wildman–Crippen LogP) is 14.4. The highest BCUT2D eigenvalue weighted by Crippen LogP contribution is 2.44. The van der Waals surface area contributed by atoms with E-state index in [1.165, 1.54) is 27.8 Å². The van der Waals surface area contributed by atoms with Crippen LogP contribution in [0, 0.1) is 13.8 Å². The molecule has 1 N–H and O–H groups in total. The summed E-state index contributed by atoms with van der Waals surface area (Å²) < 4.78 is 0. The molecule has 0 saturated carbocycles. The van der Waals surface area contributed by atoms with Crippen molar-refractivity contribution in [2.45, 2.75) is 89.0 Å². The van der Waals surface area contributed by atoms with Crippen molar-refractivity contribution < 1.29 is 5.11 Å². The van der Waals surface area contributed by atoms with E-state index >= 15 is 0 Å². The number of rotatable bonds is 8. The van der Waals surface area contributed by atoms with Crippen molar-refractivity contribution in [1.29, 1.82) is 0 Å². The molecule has 1 unspecified atom stereocenters. The van der Waals surface area contributed by atoms with Gasteiger partial charge in [0.25, 0.3) is 0 Å². The highest BCUT2D eigenvalue weighted by molar-refractivity contribution is 7.99. The molecule has 0 amide bonds. The summed E-state index contributed by atoms with van der Waals surface area (Å²) in [4.78, 5) is 11.2. The van der Waals surface area contributed by atoms with E-state index in [1.807, 2.05) is 24.4 Å². The van der Waals surface area contributed by atoms with Gasteiger partial charge in [-0.25, -0.2) is 9.97 Å². The number of phenols is 1. The van der Waals surface area contributed by atoms with E-state index in [-0.39, 0.29) is 22.5 Å². The molecule has 0 aliphatic heterocycles. The Morgan fingerprint density at radius 2 is 1.21 bits per heavy atom. The maximum Gasteiger partial charge on any atom is 0.128 e. The lowest BCUT2D eigenvalue weighted by Crippen LogP contribution is -2.17. The highest BCUT2D eigenvalue weighted by atomic mass is 32.2. The van der Waals surface area contributed by atoms with Crippen molar-refractivity contribution in [3.8, 4) is 50.5 Å². The van der Waals surface area contributed by atoms with Gasteiger partial charge in [-0.3, -0.25) is 0 Å². The van der Waals surface area contributed by atoms with Crippen LogP contribution >= 0.6 is 11.8 Å². The standard InChI is InChI=1S/C52H52N2OS/c1-33-16-15-17-34(2)49(33)41-29-46(54-47(30-41)44-31-42(51(4,5)6)32-45(50(44)55)52(7,8)9)40-26-39(27-43(28-40)56-48-20-13-14-25-53-48)38-23-21-37(22-24-38)35(3)36-18-11-10-12-19-36/h10-32,35,55H,1-9H3. The molecule has 0 saturated heterocycles. The first kappa shape index (κ1) is 38.8. The van der Waals surface area contributed by atoms with Crippen molar-refractivity contribution >= 4 is 11.8 Å². The summed E-state index contributed by atoms with van der Waals surface area (Å²) >= 11 is 1.65. The first-order chi connectivity index (χ1) is 26.7. The molecule has 0 spiro atoms. The third-order valence-electron chi connectivity index (χ3n) is 10.8. The van der Waals surface area contributed by atoms with Gasteiger partial charge in [0.05, 0.1) is 11.4 Å². The van der Waals surface area contributed by atoms with Gasteiger partial charge in [-0.2, -0.15) is 0 Å². The Labute approximate surface area is 338 Å². The molecule has 1 atom stereocenters. The number of nitrogens with zero attached hydrogens (tertiary/aromatic N) is 2. The molecule has 7 aromatic rings. The minimum Gasteiger partial charge on any atom is -0.507 e. The Morgan fingerprint density at radius 3 is 1.86 bits per heavy atom. The molecule has 56 heavy (non-hydrogen) atoms. The molecular formula is C52H52N2OS. The third-order valence-corrected chi connectivity index (χ3v) is 11.7. The van der Waals surface area contributed by atoms with E-state index in [1.54, 1.807) is 11.8 Å². The Bertz CT molecular complexity index is 2470. The van der Waals surface area contributed by atoms with E-state index in [9.17, 15) is 5.11 Å². The van der Waals surface area contributed by atoms with Gasteiger partial charge in [-0.1, -0.05) is 145 Å². The number of aromatic nitrogens is 2. The molecule has 0 bridgehead atoms. The van der Waals surface area contributed by atoms with E-state index in [2.05, 4.69) is 183 Å². The summed E-state index contributed by atoms with van der Waals surface area (Å²) in [5.74, 6) is 0.571. The molecule has 3 nitrogen and oxygen atoms in total. The van der Waals surface area contributed by atoms with Crippen molar-refractivity contribution in [3.63, 3.8) is 0 Å². The largest absolute Gasteiger partial charge is 0.507 e. The van der Waals surface area contributed by atoms with E-state index in [0.717, 1.165) is 60.3 Å². The van der Waals surface area contributed by atoms with Gasteiger partial charge < -0.3 is 5.11 Å². The van der Waals surface area contributed by atoms with Crippen LogP contribution < -0.4 is 0 Å². The molecule has 2 aromatic heterocycles. The SMILES string of the molecule is Cc1cccc(C)c1-c1cc(-c2cc(Sc3ccccn3)cc(-c3ccc(C(C)c4ccccc4)cc3)c2)nc(-c2cc(C(C)(C)C)cc(C(C)(C)C)c2O)c1. The maximum atomic E-state index is 12.1. The van der Waals surface area contributed by atoms with Gasteiger partial charge in [0, 0.05) is 33.7 Å². The van der Waals surface area contributed by atoms with Crippen molar-refractivity contribution in [2.24, 2.45) is 0 Å². The minimum atomic E-state index is -0.270. The number of pyridine rings is 2. The molecule has 7 rings (SSSR count). The molecule has 5 aromatic carbocycles. The molecule has 0 fully saturated rings. The summed E-state index contributed by atoms with van der Waals surface area (Å²) in [5, 5.41) is 13.0. The molecule has 0 aliphatic rings.